The monoisotopic (exact) mass is 331 g/mol. The van der Waals surface area contributed by atoms with Crippen LogP contribution in [0.2, 0.25) is 0 Å². The molecule has 24 heavy (non-hydrogen) atoms. The minimum absolute atomic E-state index is 0.115. The Hall–Kier alpha value is -2.48. The molecule has 0 saturated carbocycles. The second kappa shape index (κ2) is 7.39. The minimum atomic E-state index is -0.273. The summed E-state index contributed by atoms with van der Waals surface area (Å²) in [6.07, 6.45) is 8.37. The van der Waals surface area contributed by atoms with Crippen molar-refractivity contribution in [1.82, 2.24) is 24.8 Å². The quantitative estimate of drug-likeness (QED) is 0.883. The van der Waals surface area contributed by atoms with E-state index < -0.39 is 0 Å². The maximum absolute atomic E-state index is 12.3. The predicted molar refractivity (Wildman–Crippen MR) is 85.5 cm³/mol. The predicted octanol–water partition coefficient (Wildman–Crippen LogP) is 1.12. The van der Waals surface area contributed by atoms with Crippen molar-refractivity contribution in [3.05, 3.63) is 36.3 Å². The Kier molecular flexibility index (Phi) is 5.05. The van der Waals surface area contributed by atoms with Gasteiger partial charge in [0.15, 0.2) is 0 Å². The van der Waals surface area contributed by atoms with Crippen molar-refractivity contribution in [3.63, 3.8) is 0 Å². The van der Waals surface area contributed by atoms with Gasteiger partial charge in [-0.2, -0.15) is 0 Å². The number of methoxy groups -OCH3 is 1. The Morgan fingerprint density at radius 1 is 1.50 bits per heavy atom. The highest BCUT2D eigenvalue weighted by Gasteiger charge is 2.30. The molecule has 1 aliphatic heterocycles. The molecule has 128 valence electrons. The van der Waals surface area contributed by atoms with E-state index in [1.54, 1.807) is 6.20 Å². The Morgan fingerprint density at radius 2 is 2.38 bits per heavy atom. The lowest BCUT2D eigenvalue weighted by atomic mass is 9.93. The number of ether oxygens (including phenoxy) is 2. The van der Waals surface area contributed by atoms with E-state index in [2.05, 4.69) is 20.3 Å². The van der Waals surface area contributed by atoms with Gasteiger partial charge in [0.1, 0.15) is 17.6 Å². The van der Waals surface area contributed by atoms with Gasteiger partial charge in [-0.05, 0) is 12.8 Å². The molecule has 1 amide bonds. The summed E-state index contributed by atoms with van der Waals surface area (Å²) in [5, 5.41) is 2.92. The number of nitrogens with zero attached hydrogens (tertiary/aromatic N) is 4. The molecule has 8 heteroatoms. The highest BCUT2D eigenvalue weighted by molar-refractivity contribution is 5.92. The molecule has 1 saturated heterocycles. The lowest BCUT2D eigenvalue weighted by Crippen LogP contribution is -2.36. The van der Waals surface area contributed by atoms with Gasteiger partial charge in [0.05, 0.1) is 19.5 Å². The lowest BCUT2D eigenvalue weighted by molar-refractivity contribution is -0.0337. The molecule has 0 unspecified atom stereocenters. The summed E-state index contributed by atoms with van der Waals surface area (Å²) < 4.78 is 12.9. The zero-order chi connectivity index (χ0) is 16.9. The summed E-state index contributed by atoms with van der Waals surface area (Å²) in [6.45, 7) is 1.21. The highest BCUT2D eigenvalue weighted by Crippen LogP contribution is 2.32. The van der Waals surface area contributed by atoms with Crippen LogP contribution in [0.1, 0.15) is 35.3 Å². The number of hydrogen-bond acceptors (Lipinski definition) is 6. The number of aryl methyl sites for hydroxylation is 1. The van der Waals surface area contributed by atoms with Gasteiger partial charge in [0.25, 0.3) is 5.91 Å². The molecule has 0 aliphatic carbocycles. The summed E-state index contributed by atoms with van der Waals surface area (Å²) in [6, 6.07) is 0. The van der Waals surface area contributed by atoms with E-state index in [1.165, 1.54) is 19.5 Å². The number of nitrogens with one attached hydrogen (secondary N) is 1. The van der Waals surface area contributed by atoms with Crippen LogP contribution in [-0.2, 0) is 11.8 Å². The first kappa shape index (κ1) is 16.4. The second-order valence-corrected chi connectivity index (χ2v) is 5.75. The van der Waals surface area contributed by atoms with Crippen molar-refractivity contribution in [2.75, 3.05) is 20.3 Å². The average Bonchev–Trinajstić information content (AvgIpc) is 3.05. The van der Waals surface area contributed by atoms with E-state index in [-0.39, 0.29) is 23.6 Å². The number of carbonyl (C=O) groups excluding carboxylic acids is 1. The van der Waals surface area contributed by atoms with Crippen molar-refractivity contribution < 1.29 is 14.3 Å². The molecule has 0 spiro atoms. The maximum Gasteiger partial charge on any atom is 0.271 e. The van der Waals surface area contributed by atoms with Crippen molar-refractivity contribution in [3.8, 4) is 5.88 Å². The first-order valence-corrected chi connectivity index (χ1v) is 7.92. The molecule has 3 rings (SSSR count). The molecule has 0 radical (unpaired) electrons. The molecule has 8 nitrogen and oxygen atoms in total. The first-order valence-electron chi connectivity index (χ1n) is 7.92. The van der Waals surface area contributed by atoms with Crippen LogP contribution in [0, 0.1) is 5.92 Å². The largest absolute Gasteiger partial charge is 0.480 e. The van der Waals surface area contributed by atoms with E-state index >= 15 is 0 Å². The van der Waals surface area contributed by atoms with Crippen LogP contribution >= 0.6 is 0 Å². The molecule has 1 fully saturated rings. The molecule has 0 aromatic carbocycles. The van der Waals surface area contributed by atoms with Gasteiger partial charge in [-0.3, -0.25) is 9.78 Å². The van der Waals surface area contributed by atoms with E-state index in [0.29, 0.717) is 19.0 Å². The van der Waals surface area contributed by atoms with Crippen LogP contribution < -0.4 is 10.1 Å². The van der Waals surface area contributed by atoms with Gasteiger partial charge in [-0.1, -0.05) is 0 Å². The number of rotatable bonds is 5. The SMILES string of the molecule is COc1cncc(C(=O)NC[C@@H]2CCCO[C@H]2c2nccn2C)n1. The van der Waals surface area contributed by atoms with Crippen LogP contribution in [0.15, 0.2) is 24.8 Å². The van der Waals surface area contributed by atoms with Crippen LogP contribution in [0.5, 0.6) is 5.88 Å². The summed E-state index contributed by atoms with van der Waals surface area (Å²) in [7, 11) is 3.43. The molecular formula is C16H21N5O3. The molecule has 3 heterocycles. The van der Waals surface area contributed by atoms with Gasteiger partial charge in [-0.25, -0.2) is 9.97 Å². The zero-order valence-electron chi connectivity index (χ0n) is 13.8. The fourth-order valence-electron chi connectivity index (χ4n) is 2.86. The zero-order valence-corrected chi connectivity index (χ0v) is 13.8. The summed E-state index contributed by atoms with van der Waals surface area (Å²) in [4.78, 5) is 24.7. The lowest BCUT2D eigenvalue weighted by Gasteiger charge is -2.31. The Morgan fingerprint density at radius 3 is 3.12 bits per heavy atom. The van der Waals surface area contributed by atoms with Gasteiger partial charge in [0, 0.05) is 38.5 Å². The topological polar surface area (TPSA) is 91.2 Å². The normalized spacial score (nSPS) is 20.6. The average molecular weight is 331 g/mol. The molecular weight excluding hydrogens is 310 g/mol. The van der Waals surface area contributed by atoms with Crippen molar-refractivity contribution in [2.24, 2.45) is 13.0 Å². The van der Waals surface area contributed by atoms with E-state index in [4.69, 9.17) is 9.47 Å². The van der Waals surface area contributed by atoms with Crippen LogP contribution in [0.3, 0.4) is 0 Å². The van der Waals surface area contributed by atoms with Crippen molar-refractivity contribution in [1.29, 1.82) is 0 Å². The molecule has 1 aliphatic rings. The molecule has 2 aromatic heterocycles. The number of hydrogen-bond donors (Lipinski definition) is 1. The highest BCUT2D eigenvalue weighted by atomic mass is 16.5. The molecule has 0 bridgehead atoms. The summed E-state index contributed by atoms with van der Waals surface area (Å²) in [5.74, 6) is 1.09. The van der Waals surface area contributed by atoms with Crippen molar-refractivity contribution in [2.45, 2.75) is 18.9 Å². The third-order valence-electron chi connectivity index (χ3n) is 4.14. The van der Waals surface area contributed by atoms with E-state index in [1.807, 2.05) is 17.8 Å². The van der Waals surface area contributed by atoms with Gasteiger partial charge < -0.3 is 19.4 Å². The van der Waals surface area contributed by atoms with Gasteiger partial charge >= 0.3 is 0 Å². The van der Waals surface area contributed by atoms with Crippen molar-refractivity contribution >= 4 is 5.91 Å². The molecule has 2 aromatic rings. The Bertz CT molecular complexity index is 703. The second-order valence-electron chi connectivity index (χ2n) is 5.75. The maximum atomic E-state index is 12.3. The van der Waals surface area contributed by atoms with Crippen LogP contribution in [0.25, 0.3) is 0 Å². The molecule has 1 N–H and O–H groups in total. The third-order valence-corrected chi connectivity index (χ3v) is 4.14. The fourth-order valence-corrected chi connectivity index (χ4v) is 2.86. The summed E-state index contributed by atoms with van der Waals surface area (Å²) >= 11 is 0. The third kappa shape index (κ3) is 3.53. The number of amides is 1. The number of carbonyl (C=O) groups is 1. The van der Waals surface area contributed by atoms with Crippen LogP contribution in [0.4, 0.5) is 0 Å². The molecule has 2 atom stereocenters. The van der Waals surface area contributed by atoms with E-state index in [9.17, 15) is 4.79 Å². The number of imidazole rings is 1. The fraction of sp³-hybridized carbons (Fsp3) is 0.500. The summed E-state index contributed by atoms with van der Waals surface area (Å²) in [5.41, 5.74) is 0.236. The first-order chi connectivity index (χ1) is 11.7. The number of aromatic nitrogens is 4. The smallest absolute Gasteiger partial charge is 0.271 e. The minimum Gasteiger partial charge on any atom is -0.480 e. The van der Waals surface area contributed by atoms with Crippen LogP contribution in [-0.4, -0.2) is 45.7 Å². The Balaban J connectivity index is 1.65. The Labute approximate surface area is 140 Å². The standard InChI is InChI=1S/C16H21N5O3/c1-21-6-5-18-15(21)14-11(4-3-7-24-14)8-19-16(22)12-9-17-10-13(20-12)23-2/h5-6,9-11,14H,3-4,7-8H2,1-2H3,(H,19,22)/t11-,14+/m0/s1. The van der Waals surface area contributed by atoms with E-state index in [0.717, 1.165) is 18.7 Å². The van der Waals surface area contributed by atoms with Gasteiger partial charge in [-0.15, -0.1) is 0 Å². The van der Waals surface area contributed by atoms with Gasteiger partial charge in [0.2, 0.25) is 5.88 Å².